The minimum Gasteiger partial charge on any atom is -0.496 e. The van der Waals surface area contributed by atoms with Gasteiger partial charge in [0.1, 0.15) is 5.75 Å². The van der Waals surface area contributed by atoms with Crippen molar-refractivity contribution in [2.75, 3.05) is 39.8 Å². The molecule has 0 radical (unpaired) electrons. The summed E-state index contributed by atoms with van der Waals surface area (Å²) >= 11 is 0. The van der Waals surface area contributed by atoms with E-state index in [-0.39, 0.29) is 0 Å². The van der Waals surface area contributed by atoms with Crippen molar-refractivity contribution in [3.8, 4) is 5.75 Å². The minimum absolute atomic E-state index is 0.330. The maximum Gasteiger partial charge on any atom is 0.165 e. The summed E-state index contributed by atoms with van der Waals surface area (Å²) in [5.74, 6) is -1.18. The lowest BCUT2D eigenvalue weighted by Crippen LogP contribution is -2.44. The average Bonchev–Trinajstić information content (AvgIpc) is 2.41. The highest BCUT2D eigenvalue weighted by Gasteiger charge is 2.16. The quantitative estimate of drug-likeness (QED) is 0.882. The van der Waals surface area contributed by atoms with Gasteiger partial charge in [0, 0.05) is 38.3 Å². The fraction of sp³-hybridized carbons (Fsp3) is 0.538. The van der Waals surface area contributed by atoms with E-state index in [2.05, 4.69) is 10.2 Å². The lowest BCUT2D eigenvalue weighted by Gasteiger charge is -2.27. The molecule has 0 unspecified atom stereocenters. The summed E-state index contributed by atoms with van der Waals surface area (Å²) in [4.78, 5) is 2.24. The molecule has 2 rings (SSSR count). The highest BCUT2D eigenvalue weighted by molar-refractivity contribution is 5.35. The van der Waals surface area contributed by atoms with Crippen molar-refractivity contribution >= 4 is 0 Å². The molecule has 0 saturated carbocycles. The molecule has 1 saturated heterocycles. The van der Waals surface area contributed by atoms with Crippen LogP contribution in [0.1, 0.15) is 5.56 Å². The summed E-state index contributed by atoms with van der Waals surface area (Å²) in [6.45, 7) is 4.50. The number of hydrogen-bond acceptors (Lipinski definition) is 3. The summed E-state index contributed by atoms with van der Waals surface area (Å²) in [6, 6.07) is 2.58. The Hall–Kier alpha value is -1.20. The molecule has 18 heavy (non-hydrogen) atoms. The first-order valence-corrected chi connectivity index (χ1v) is 6.16. The summed E-state index contributed by atoms with van der Waals surface area (Å²) in [5.41, 5.74) is 0.330. The molecule has 1 aliphatic rings. The Bertz CT molecular complexity index is 406. The zero-order chi connectivity index (χ0) is 13.0. The number of hydrogen-bond donors (Lipinski definition) is 1. The van der Waals surface area contributed by atoms with Crippen LogP contribution in [0.4, 0.5) is 8.78 Å². The molecule has 3 nitrogen and oxygen atoms in total. The largest absolute Gasteiger partial charge is 0.496 e. The maximum atomic E-state index is 13.7. The predicted octanol–water partition coefficient (Wildman–Crippen LogP) is 1.42. The summed E-state index contributed by atoms with van der Waals surface area (Å²) in [6.07, 6.45) is 0.465. The molecule has 1 aliphatic heterocycles. The van der Waals surface area contributed by atoms with Crippen LogP contribution in [0.2, 0.25) is 0 Å². The zero-order valence-electron chi connectivity index (χ0n) is 10.5. The molecule has 0 spiro atoms. The topological polar surface area (TPSA) is 24.5 Å². The van der Waals surface area contributed by atoms with Crippen LogP contribution in [0.15, 0.2) is 12.1 Å². The van der Waals surface area contributed by atoms with Crippen molar-refractivity contribution in [2.45, 2.75) is 6.42 Å². The first-order chi connectivity index (χ1) is 8.72. The van der Waals surface area contributed by atoms with Gasteiger partial charge in [0.15, 0.2) is 11.6 Å². The lowest BCUT2D eigenvalue weighted by atomic mass is 10.1. The third kappa shape index (κ3) is 2.97. The molecule has 0 aliphatic carbocycles. The Kier molecular flexibility index (Phi) is 4.49. The summed E-state index contributed by atoms with van der Waals surface area (Å²) in [7, 11) is 1.47. The molecular formula is C13H18F2N2O. The molecule has 0 amide bonds. The Labute approximate surface area is 106 Å². The summed E-state index contributed by atoms with van der Waals surface area (Å²) < 4.78 is 32.0. The first-order valence-electron chi connectivity index (χ1n) is 6.16. The van der Waals surface area contributed by atoms with Crippen LogP contribution in [-0.4, -0.2) is 44.7 Å². The molecule has 5 heteroatoms. The van der Waals surface area contributed by atoms with Gasteiger partial charge < -0.3 is 15.0 Å². The van der Waals surface area contributed by atoms with Gasteiger partial charge in [-0.05, 0) is 18.6 Å². The van der Waals surface area contributed by atoms with Crippen LogP contribution in [0.3, 0.4) is 0 Å². The molecule has 1 heterocycles. The van der Waals surface area contributed by atoms with E-state index in [9.17, 15) is 8.78 Å². The molecular weight excluding hydrogens is 238 g/mol. The number of rotatable bonds is 4. The van der Waals surface area contributed by atoms with E-state index >= 15 is 0 Å². The molecule has 0 bridgehead atoms. The Balaban J connectivity index is 2.05. The van der Waals surface area contributed by atoms with Gasteiger partial charge in [-0.25, -0.2) is 8.78 Å². The van der Waals surface area contributed by atoms with Crippen LogP contribution >= 0.6 is 0 Å². The van der Waals surface area contributed by atoms with Crippen molar-refractivity contribution < 1.29 is 13.5 Å². The molecule has 100 valence electrons. The van der Waals surface area contributed by atoms with Crippen LogP contribution in [-0.2, 0) is 6.42 Å². The van der Waals surface area contributed by atoms with E-state index < -0.39 is 11.6 Å². The summed E-state index contributed by atoms with van der Waals surface area (Å²) in [5, 5.41) is 3.26. The van der Waals surface area contributed by atoms with E-state index in [1.807, 2.05) is 0 Å². The highest BCUT2D eigenvalue weighted by atomic mass is 19.2. The highest BCUT2D eigenvalue weighted by Crippen LogP contribution is 2.24. The van der Waals surface area contributed by atoms with Gasteiger partial charge >= 0.3 is 0 Å². The smallest absolute Gasteiger partial charge is 0.165 e. The Morgan fingerprint density at radius 3 is 2.67 bits per heavy atom. The van der Waals surface area contributed by atoms with Gasteiger partial charge in [-0.15, -0.1) is 0 Å². The molecule has 0 atom stereocenters. The molecule has 0 aromatic heterocycles. The third-order valence-corrected chi connectivity index (χ3v) is 3.26. The monoisotopic (exact) mass is 256 g/mol. The number of piperazine rings is 1. The van der Waals surface area contributed by atoms with E-state index in [0.717, 1.165) is 38.8 Å². The fourth-order valence-corrected chi connectivity index (χ4v) is 2.20. The average molecular weight is 256 g/mol. The number of nitrogens with zero attached hydrogens (tertiary/aromatic N) is 1. The van der Waals surface area contributed by atoms with Crippen LogP contribution in [0.5, 0.6) is 5.75 Å². The van der Waals surface area contributed by atoms with E-state index in [0.29, 0.717) is 17.7 Å². The predicted molar refractivity (Wildman–Crippen MR) is 65.9 cm³/mol. The number of benzene rings is 1. The van der Waals surface area contributed by atoms with Crippen molar-refractivity contribution in [1.82, 2.24) is 10.2 Å². The van der Waals surface area contributed by atoms with E-state index in [4.69, 9.17) is 4.74 Å². The Morgan fingerprint density at radius 2 is 2.00 bits per heavy atom. The Morgan fingerprint density at radius 1 is 1.28 bits per heavy atom. The van der Waals surface area contributed by atoms with Crippen molar-refractivity contribution in [2.24, 2.45) is 0 Å². The van der Waals surface area contributed by atoms with E-state index in [1.54, 1.807) is 0 Å². The van der Waals surface area contributed by atoms with E-state index in [1.165, 1.54) is 13.2 Å². The standard InChI is InChI=1S/C13H18F2N2O/c1-18-12-3-2-11(14)13(15)10(12)4-7-17-8-5-16-6-9-17/h2-3,16H,4-9H2,1H3. The molecule has 1 aromatic rings. The van der Waals surface area contributed by atoms with Crippen molar-refractivity contribution in [3.63, 3.8) is 0 Å². The number of methoxy groups -OCH3 is 1. The maximum absolute atomic E-state index is 13.7. The van der Waals surface area contributed by atoms with Crippen LogP contribution < -0.4 is 10.1 Å². The number of halogens is 2. The van der Waals surface area contributed by atoms with Gasteiger partial charge in [-0.1, -0.05) is 0 Å². The van der Waals surface area contributed by atoms with Crippen molar-refractivity contribution in [3.05, 3.63) is 29.3 Å². The fourth-order valence-electron chi connectivity index (χ4n) is 2.20. The van der Waals surface area contributed by atoms with Gasteiger partial charge in [0.05, 0.1) is 7.11 Å². The first kappa shape index (κ1) is 13.2. The third-order valence-electron chi connectivity index (χ3n) is 3.26. The normalized spacial score (nSPS) is 16.8. The van der Waals surface area contributed by atoms with Gasteiger partial charge in [0.2, 0.25) is 0 Å². The van der Waals surface area contributed by atoms with Gasteiger partial charge in [-0.3, -0.25) is 0 Å². The zero-order valence-corrected chi connectivity index (χ0v) is 10.5. The van der Waals surface area contributed by atoms with Gasteiger partial charge in [0.25, 0.3) is 0 Å². The van der Waals surface area contributed by atoms with Crippen molar-refractivity contribution in [1.29, 1.82) is 0 Å². The lowest BCUT2D eigenvalue weighted by molar-refractivity contribution is 0.242. The minimum atomic E-state index is -0.814. The van der Waals surface area contributed by atoms with Gasteiger partial charge in [-0.2, -0.15) is 0 Å². The second kappa shape index (κ2) is 6.11. The molecule has 1 N–H and O–H groups in total. The number of ether oxygens (including phenoxy) is 1. The van der Waals surface area contributed by atoms with Crippen LogP contribution in [0, 0.1) is 11.6 Å². The SMILES string of the molecule is COc1ccc(F)c(F)c1CCN1CCNCC1. The second-order valence-electron chi connectivity index (χ2n) is 4.38. The van der Waals surface area contributed by atoms with Crippen LogP contribution in [0.25, 0.3) is 0 Å². The number of nitrogens with one attached hydrogen (secondary N) is 1. The molecule has 1 aromatic carbocycles. The second-order valence-corrected chi connectivity index (χ2v) is 4.38. The molecule has 1 fully saturated rings.